The first kappa shape index (κ1) is 13.9. The number of likely N-dealkylation sites (N-methyl/N-ethyl adjacent to an activating group) is 1. The summed E-state index contributed by atoms with van der Waals surface area (Å²) in [5, 5.41) is 3.37. The van der Waals surface area contributed by atoms with Gasteiger partial charge >= 0.3 is 0 Å². The molecule has 1 aliphatic heterocycles. The van der Waals surface area contributed by atoms with Gasteiger partial charge in [0.1, 0.15) is 11.9 Å². The second-order valence-corrected chi connectivity index (χ2v) is 5.05. The smallest absolute Gasteiger partial charge is 0.137 e. The lowest BCUT2D eigenvalue weighted by molar-refractivity contribution is -0.102. The van der Waals surface area contributed by atoms with Crippen LogP contribution in [0.2, 0.25) is 0 Å². The zero-order valence-corrected chi connectivity index (χ0v) is 11.9. The summed E-state index contributed by atoms with van der Waals surface area (Å²) in [7, 11) is 0. The Morgan fingerprint density at radius 3 is 2.94 bits per heavy atom. The molecule has 1 saturated heterocycles. The third kappa shape index (κ3) is 3.29. The first-order valence-corrected chi connectivity index (χ1v) is 6.89. The summed E-state index contributed by atoms with van der Waals surface area (Å²) in [4.78, 5) is 0. The molecule has 1 aromatic rings. The second-order valence-electron chi connectivity index (χ2n) is 4.19. The molecule has 1 heterocycles. The van der Waals surface area contributed by atoms with E-state index in [-0.39, 0.29) is 18.0 Å². The first-order valence-electron chi connectivity index (χ1n) is 6.10. The summed E-state index contributed by atoms with van der Waals surface area (Å²) in [5.74, 6) is -0.255. The number of rotatable bonds is 4. The molecule has 0 aliphatic carbocycles. The molecule has 1 N–H and O–H groups in total. The van der Waals surface area contributed by atoms with Crippen molar-refractivity contribution in [2.75, 3.05) is 26.4 Å². The van der Waals surface area contributed by atoms with Crippen LogP contribution in [0.3, 0.4) is 0 Å². The summed E-state index contributed by atoms with van der Waals surface area (Å²) in [6.45, 7) is 4.67. The third-order valence-corrected chi connectivity index (χ3v) is 3.55. The number of hydrogen-bond acceptors (Lipinski definition) is 3. The largest absolute Gasteiger partial charge is 0.376 e. The normalized spacial score (nSPS) is 21.8. The number of nitrogens with one attached hydrogen (secondary N) is 1. The van der Waals surface area contributed by atoms with Gasteiger partial charge in [-0.3, -0.25) is 0 Å². The van der Waals surface area contributed by atoms with Crippen LogP contribution < -0.4 is 5.32 Å². The molecular formula is C13H17BrFNO2. The molecule has 1 aromatic carbocycles. The van der Waals surface area contributed by atoms with Crippen LogP contribution in [0.5, 0.6) is 0 Å². The molecule has 3 nitrogen and oxygen atoms in total. The Hall–Kier alpha value is -0.490. The Morgan fingerprint density at radius 1 is 1.50 bits per heavy atom. The molecule has 0 radical (unpaired) electrons. The van der Waals surface area contributed by atoms with Crippen molar-refractivity contribution < 1.29 is 13.9 Å². The van der Waals surface area contributed by atoms with Crippen LogP contribution in [0.1, 0.15) is 18.5 Å². The van der Waals surface area contributed by atoms with E-state index in [1.165, 1.54) is 6.07 Å². The highest BCUT2D eigenvalue weighted by atomic mass is 79.9. The summed E-state index contributed by atoms with van der Waals surface area (Å²) in [6, 6.07) is 5.06. The van der Waals surface area contributed by atoms with E-state index in [2.05, 4.69) is 21.2 Å². The molecule has 1 fully saturated rings. The summed E-state index contributed by atoms with van der Waals surface area (Å²) in [5.41, 5.74) is 1.00. The Morgan fingerprint density at radius 2 is 2.33 bits per heavy atom. The summed E-state index contributed by atoms with van der Waals surface area (Å²) < 4.78 is 24.9. The van der Waals surface area contributed by atoms with Crippen molar-refractivity contribution in [1.29, 1.82) is 0 Å². The number of ether oxygens (including phenoxy) is 2. The Bertz CT molecular complexity index is 397. The molecule has 0 spiro atoms. The van der Waals surface area contributed by atoms with Gasteiger partial charge in [-0.25, -0.2) is 4.39 Å². The van der Waals surface area contributed by atoms with Gasteiger partial charge in [0, 0.05) is 0 Å². The minimum atomic E-state index is -0.255. The molecule has 2 unspecified atom stereocenters. The van der Waals surface area contributed by atoms with Crippen LogP contribution >= 0.6 is 15.9 Å². The molecule has 18 heavy (non-hydrogen) atoms. The van der Waals surface area contributed by atoms with E-state index in [4.69, 9.17) is 9.47 Å². The van der Waals surface area contributed by atoms with E-state index in [0.29, 0.717) is 24.3 Å². The van der Waals surface area contributed by atoms with E-state index in [0.717, 1.165) is 12.1 Å². The average Bonchev–Trinajstić information content (AvgIpc) is 2.40. The lowest BCUT2D eigenvalue weighted by atomic mass is 10.0. The fourth-order valence-corrected chi connectivity index (χ4v) is 2.48. The van der Waals surface area contributed by atoms with Crippen LogP contribution in [0.15, 0.2) is 22.7 Å². The zero-order valence-electron chi connectivity index (χ0n) is 10.3. The zero-order chi connectivity index (χ0) is 13.0. The molecule has 2 atom stereocenters. The predicted molar refractivity (Wildman–Crippen MR) is 71.1 cm³/mol. The van der Waals surface area contributed by atoms with E-state index in [9.17, 15) is 4.39 Å². The maximum atomic E-state index is 13.3. The van der Waals surface area contributed by atoms with Crippen LogP contribution in [0.4, 0.5) is 4.39 Å². The van der Waals surface area contributed by atoms with Gasteiger partial charge in [0.25, 0.3) is 0 Å². The van der Waals surface area contributed by atoms with Crippen LogP contribution in [-0.4, -0.2) is 32.5 Å². The van der Waals surface area contributed by atoms with Gasteiger partial charge in [0.05, 0.1) is 30.3 Å². The number of halogens is 2. The quantitative estimate of drug-likeness (QED) is 0.926. The standard InChI is InChI=1S/C13H17BrFNO2/c1-2-16-13(12-8-17-5-6-18-12)9-3-4-11(15)10(14)7-9/h3-4,7,12-13,16H,2,5-6,8H2,1H3. The molecule has 1 aliphatic rings. The highest BCUT2D eigenvalue weighted by Gasteiger charge is 2.26. The van der Waals surface area contributed by atoms with Gasteiger partial charge in [-0.2, -0.15) is 0 Å². The molecule has 5 heteroatoms. The van der Waals surface area contributed by atoms with E-state index in [1.807, 2.05) is 6.92 Å². The molecule has 0 saturated carbocycles. The molecule has 100 valence electrons. The second kappa shape index (κ2) is 6.61. The van der Waals surface area contributed by atoms with Crippen molar-refractivity contribution in [3.63, 3.8) is 0 Å². The van der Waals surface area contributed by atoms with Gasteiger partial charge in [-0.1, -0.05) is 13.0 Å². The maximum absolute atomic E-state index is 13.3. The Labute approximate surface area is 115 Å². The Balaban J connectivity index is 2.19. The van der Waals surface area contributed by atoms with Crippen LogP contribution in [-0.2, 0) is 9.47 Å². The minimum absolute atomic E-state index is 0.0206. The van der Waals surface area contributed by atoms with Crippen molar-refractivity contribution in [3.8, 4) is 0 Å². The highest BCUT2D eigenvalue weighted by molar-refractivity contribution is 9.10. The lowest BCUT2D eigenvalue weighted by Crippen LogP contribution is -2.40. The number of benzene rings is 1. The average molecular weight is 318 g/mol. The Kier molecular flexibility index (Phi) is 5.12. The van der Waals surface area contributed by atoms with E-state index < -0.39 is 0 Å². The minimum Gasteiger partial charge on any atom is -0.376 e. The van der Waals surface area contributed by atoms with Crippen molar-refractivity contribution in [1.82, 2.24) is 5.32 Å². The fourth-order valence-electron chi connectivity index (χ4n) is 2.09. The van der Waals surface area contributed by atoms with E-state index in [1.54, 1.807) is 12.1 Å². The fraction of sp³-hybridized carbons (Fsp3) is 0.538. The molecule has 2 rings (SSSR count). The van der Waals surface area contributed by atoms with Crippen LogP contribution in [0, 0.1) is 5.82 Å². The van der Waals surface area contributed by atoms with Crippen molar-refractivity contribution in [2.24, 2.45) is 0 Å². The molecular weight excluding hydrogens is 301 g/mol. The molecule has 0 amide bonds. The maximum Gasteiger partial charge on any atom is 0.137 e. The predicted octanol–water partition coefficient (Wildman–Crippen LogP) is 2.65. The first-order chi connectivity index (χ1) is 8.72. The highest BCUT2D eigenvalue weighted by Crippen LogP contribution is 2.25. The lowest BCUT2D eigenvalue weighted by Gasteiger charge is -2.31. The topological polar surface area (TPSA) is 30.5 Å². The van der Waals surface area contributed by atoms with Gasteiger partial charge in [0.2, 0.25) is 0 Å². The van der Waals surface area contributed by atoms with Gasteiger partial charge in [-0.05, 0) is 40.2 Å². The van der Waals surface area contributed by atoms with Gasteiger partial charge in [-0.15, -0.1) is 0 Å². The molecule has 0 bridgehead atoms. The monoisotopic (exact) mass is 317 g/mol. The SMILES string of the molecule is CCNC(c1ccc(F)c(Br)c1)C1COCCO1. The van der Waals surface area contributed by atoms with Gasteiger partial charge < -0.3 is 14.8 Å². The van der Waals surface area contributed by atoms with Crippen LogP contribution in [0.25, 0.3) is 0 Å². The van der Waals surface area contributed by atoms with Crippen molar-refractivity contribution in [3.05, 3.63) is 34.1 Å². The summed E-state index contributed by atoms with van der Waals surface area (Å²) in [6.07, 6.45) is -0.0314. The van der Waals surface area contributed by atoms with Crippen molar-refractivity contribution >= 4 is 15.9 Å². The van der Waals surface area contributed by atoms with Crippen molar-refractivity contribution in [2.45, 2.75) is 19.1 Å². The molecule has 0 aromatic heterocycles. The van der Waals surface area contributed by atoms with E-state index >= 15 is 0 Å². The van der Waals surface area contributed by atoms with Gasteiger partial charge in [0.15, 0.2) is 0 Å². The summed E-state index contributed by atoms with van der Waals surface area (Å²) >= 11 is 3.21. The third-order valence-electron chi connectivity index (χ3n) is 2.94. The number of hydrogen-bond donors (Lipinski definition) is 1.